The largest absolute Gasteiger partial charge is 0.497 e. The molecule has 26 heavy (non-hydrogen) atoms. The molecule has 2 aromatic carbocycles. The predicted molar refractivity (Wildman–Crippen MR) is 107 cm³/mol. The normalized spacial score (nSPS) is 10.8. The number of anilines is 1. The second kappa shape index (κ2) is 6.89. The summed E-state index contributed by atoms with van der Waals surface area (Å²) in [5.41, 5.74) is 9.56. The molecule has 0 spiro atoms. The SMILES string of the molecule is COc1ccc(-c2csc(-c3nnn(-c4ccccc4Br)c3N)n2)cc1. The maximum Gasteiger partial charge on any atom is 0.165 e. The van der Waals surface area contributed by atoms with Gasteiger partial charge in [-0.05, 0) is 52.3 Å². The van der Waals surface area contributed by atoms with Crippen LogP contribution in [0.15, 0.2) is 58.4 Å². The smallest absolute Gasteiger partial charge is 0.165 e. The first-order valence-electron chi connectivity index (χ1n) is 7.74. The molecule has 0 bridgehead atoms. The number of nitrogen functional groups attached to an aromatic ring is 1. The van der Waals surface area contributed by atoms with Gasteiger partial charge in [0.15, 0.2) is 11.5 Å². The van der Waals surface area contributed by atoms with Gasteiger partial charge in [0.25, 0.3) is 0 Å². The maximum absolute atomic E-state index is 6.29. The molecular weight excluding hydrogens is 414 g/mol. The number of para-hydroxylation sites is 1. The molecule has 2 N–H and O–H groups in total. The van der Waals surface area contributed by atoms with E-state index in [1.807, 2.05) is 53.9 Å². The van der Waals surface area contributed by atoms with E-state index in [9.17, 15) is 0 Å². The fourth-order valence-electron chi connectivity index (χ4n) is 2.52. The molecule has 2 heterocycles. The molecule has 130 valence electrons. The van der Waals surface area contributed by atoms with Crippen LogP contribution in [0.5, 0.6) is 5.75 Å². The van der Waals surface area contributed by atoms with Crippen LogP contribution < -0.4 is 10.5 Å². The minimum absolute atomic E-state index is 0.451. The van der Waals surface area contributed by atoms with Gasteiger partial charge < -0.3 is 10.5 Å². The lowest BCUT2D eigenvalue weighted by Gasteiger charge is -2.04. The number of nitrogens with zero attached hydrogens (tertiary/aromatic N) is 4. The number of benzene rings is 2. The van der Waals surface area contributed by atoms with E-state index < -0.39 is 0 Å². The van der Waals surface area contributed by atoms with Crippen LogP contribution in [0.2, 0.25) is 0 Å². The second-order valence-electron chi connectivity index (χ2n) is 5.45. The Morgan fingerprint density at radius 3 is 2.62 bits per heavy atom. The van der Waals surface area contributed by atoms with Crippen LogP contribution in [-0.2, 0) is 0 Å². The lowest BCUT2D eigenvalue weighted by atomic mass is 10.2. The van der Waals surface area contributed by atoms with Gasteiger partial charge in [-0.25, -0.2) is 4.98 Å². The number of aromatic nitrogens is 4. The van der Waals surface area contributed by atoms with E-state index in [-0.39, 0.29) is 0 Å². The number of ether oxygens (including phenoxy) is 1. The molecule has 8 heteroatoms. The average Bonchev–Trinajstić information content (AvgIpc) is 3.29. The van der Waals surface area contributed by atoms with Crippen LogP contribution >= 0.6 is 27.3 Å². The van der Waals surface area contributed by atoms with Gasteiger partial charge in [0.05, 0.1) is 18.5 Å². The Labute approximate surface area is 162 Å². The fraction of sp³-hybridized carbons (Fsp3) is 0.0556. The van der Waals surface area contributed by atoms with E-state index in [0.29, 0.717) is 11.5 Å². The molecule has 0 saturated carbocycles. The van der Waals surface area contributed by atoms with Gasteiger partial charge in [-0.3, -0.25) is 0 Å². The Morgan fingerprint density at radius 2 is 1.88 bits per heavy atom. The molecule has 0 atom stereocenters. The Balaban J connectivity index is 1.69. The highest BCUT2D eigenvalue weighted by atomic mass is 79.9. The number of thiazole rings is 1. The lowest BCUT2D eigenvalue weighted by molar-refractivity contribution is 0.415. The first-order chi connectivity index (χ1) is 12.7. The zero-order chi connectivity index (χ0) is 18.1. The standard InChI is InChI=1S/C18H14BrN5OS/c1-25-12-8-6-11(7-9-12)14-10-26-18(21-14)16-17(20)24(23-22-16)15-5-3-2-4-13(15)19/h2-10H,20H2,1H3. The highest BCUT2D eigenvalue weighted by molar-refractivity contribution is 9.10. The molecule has 0 saturated heterocycles. The molecule has 2 aromatic heterocycles. The highest BCUT2D eigenvalue weighted by Crippen LogP contribution is 2.33. The van der Waals surface area contributed by atoms with Crippen LogP contribution in [0.25, 0.3) is 27.6 Å². The fourth-order valence-corrected chi connectivity index (χ4v) is 3.79. The summed E-state index contributed by atoms with van der Waals surface area (Å²) in [7, 11) is 1.65. The maximum atomic E-state index is 6.29. The summed E-state index contributed by atoms with van der Waals surface area (Å²) >= 11 is 5.00. The van der Waals surface area contributed by atoms with Gasteiger partial charge in [-0.2, -0.15) is 4.68 Å². The topological polar surface area (TPSA) is 78.9 Å². The lowest BCUT2D eigenvalue weighted by Crippen LogP contribution is -2.03. The molecule has 0 unspecified atom stereocenters. The summed E-state index contributed by atoms with van der Waals surface area (Å²) in [6.07, 6.45) is 0. The molecule has 0 aliphatic carbocycles. The summed E-state index contributed by atoms with van der Waals surface area (Å²) in [6, 6.07) is 15.5. The van der Waals surface area contributed by atoms with Gasteiger partial charge in [0.1, 0.15) is 10.8 Å². The number of hydrogen-bond donors (Lipinski definition) is 1. The molecule has 4 aromatic rings. The third kappa shape index (κ3) is 2.97. The number of rotatable bonds is 4. The zero-order valence-corrected chi connectivity index (χ0v) is 16.2. The summed E-state index contributed by atoms with van der Waals surface area (Å²) < 4.78 is 7.69. The highest BCUT2D eigenvalue weighted by Gasteiger charge is 2.18. The van der Waals surface area contributed by atoms with Crippen molar-refractivity contribution >= 4 is 33.1 Å². The molecule has 0 fully saturated rings. The Hall–Kier alpha value is -2.71. The van der Waals surface area contributed by atoms with Crippen molar-refractivity contribution in [3.63, 3.8) is 0 Å². The van der Waals surface area contributed by atoms with Gasteiger partial charge >= 0.3 is 0 Å². The molecular formula is C18H14BrN5OS. The van der Waals surface area contributed by atoms with Gasteiger partial charge in [0, 0.05) is 15.4 Å². The Morgan fingerprint density at radius 1 is 1.12 bits per heavy atom. The minimum atomic E-state index is 0.451. The number of hydrogen-bond acceptors (Lipinski definition) is 6. The van der Waals surface area contributed by atoms with Crippen molar-refractivity contribution < 1.29 is 4.74 Å². The van der Waals surface area contributed by atoms with Crippen LogP contribution in [-0.4, -0.2) is 27.1 Å². The first kappa shape index (κ1) is 16.7. The number of halogens is 1. The summed E-state index contributed by atoms with van der Waals surface area (Å²) in [5, 5.41) is 11.1. The quantitative estimate of drug-likeness (QED) is 0.521. The van der Waals surface area contributed by atoms with Crippen molar-refractivity contribution in [1.29, 1.82) is 0 Å². The zero-order valence-electron chi connectivity index (χ0n) is 13.8. The molecule has 0 aliphatic heterocycles. The van der Waals surface area contributed by atoms with Crippen molar-refractivity contribution in [3.05, 3.63) is 58.4 Å². The van der Waals surface area contributed by atoms with Crippen LogP contribution in [0.4, 0.5) is 5.82 Å². The summed E-state index contributed by atoms with van der Waals surface area (Å²) in [5.74, 6) is 1.26. The Bertz CT molecular complexity index is 1060. The Kier molecular flexibility index (Phi) is 4.44. The van der Waals surface area contributed by atoms with E-state index in [0.717, 1.165) is 32.2 Å². The first-order valence-corrected chi connectivity index (χ1v) is 9.41. The van der Waals surface area contributed by atoms with Crippen molar-refractivity contribution in [3.8, 4) is 33.4 Å². The van der Waals surface area contributed by atoms with Crippen molar-refractivity contribution in [1.82, 2.24) is 20.0 Å². The van der Waals surface area contributed by atoms with Crippen LogP contribution in [0, 0.1) is 0 Å². The molecule has 6 nitrogen and oxygen atoms in total. The van der Waals surface area contributed by atoms with Crippen molar-refractivity contribution in [2.24, 2.45) is 0 Å². The minimum Gasteiger partial charge on any atom is -0.497 e. The van der Waals surface area contributed by atoms with E-state index >= 15 is 0 Å². The summed E-state index contributed by atoms with van der Waals surface area (Å²) in [4.78, 5) is 4.67. The number of methoxy groups -OCH3 is 1. The van der Waals surface area contributed by atoms with Gasteiger partial charge in [0.2, 0.25) is 0 Å². The van der Waals surface area contributed by atoms with E-state index in [1.54, 1.807) is 11.8 Å². The molecule has 0 radical (unpaired) electrons. The summed E-state index contributed by atoms with van der Waals surface area (Å²) in [6.45, 7) is 0. The van der Waals surface area contributed by atoms with Crippen molar-refractivity contribution in [2.45, 2.75) is 0 Å². The van der Waals surface area contributed by atoms with Gasteiger partial charge in [-0.15, -0.1) is 16.4 Å². The average molecular weight is 428 g/mol. The van der Waals surface area contributed by atoms with E-state index in [4.69, 9.17) is 10.5 Å². The molecule has 0 amide bonds. The third-order valence-corrected chi connectivity index (χ3v) is 5.40. The van der Waals surface area contributed by atoms with Crippen LogP contribution in [0.1, 0.15) is 0 Å². The van der Waals surface area contributed by atoms with Gasteiger partial charge in [-0.1, -0.05) is 17.3 Å². The number of nitrogens with two attached hydrogens (primary N) is 1. The van der Waals surface area contributed by atoms with Crippen LogP contribution in [0.3, 0.4) is 0 Å². The third-order valence-electron chi connectivity index (χ3n) is 3.88. The van der Waals surface area contributed by atoms with Crippen molar-refractivity contribution in [2.75, 3.05) is 12.8 Å². The monoisotopic (exact) mass is 427 g/mol. The van der Waals surface area contributed by atoms with E-state index in [1.165, 1.54) is 11.3 Å². The molecule has 4 rings (SSSR count). The van der Waals surface area contributed by atoms with E-state index in [2.05, 4.69) is 31.2 Å². The second-order valence-corrected chi connectivity index (χ2v) is 7.17. The molecule has 0 aliphatic rings. The predicted octanol–water partition coefficient (Wildman–Crippen LogP) is 4.41.